The second-order valence-corrected chi connectivity index (χ2v) is 8.87. The molecule has 1 amide bonds. The Morgan fingerprint density at radius 2 is 1.82 bits per heavy atom. The van der Waals surface area contributed by atoms with Gasteiger partial charge in [-0.25, -0.2) is 4.68 Å². The minimum Gasteiger partial charge on any atom is -0.481 e. The van der Waals surface area contributed by atoms with Gasteiger partial charge in [-0.2, -0.15) is 0 Å². The first kappa shape index (κ1) is 19.4. The van der Waals surface area contributed by atoms with Crippen LogP contribution in [0.1, 0.15) is 31.4 Å². The van der Waals surface area contributed by atoms with Crippen LogP contribution in [0.15, 0.2) is 30.5 Å². The predicted molar refractivity (Wildman–Crippen MR) is 111 cm³/mol. The maximum atomic E-state index is 12.6. The normalized spacial score (nSPS) is 22.7. The van der Waals surface area contributed by atoms with Gasteiger partial charge in [0, 0.05) is 16.7 Å². The number of nitrogens with zero attached hydrogens (tertiary/aromatic N) is 4. The molecule has 2 aromatic rings. The van der Waals surface area contributed by atoms with E-state index in [9.17, 15) is 14.7 Å². The van der Waals surface area contributed by atoms with Gasteiger partial charge in [0.25, 0.3) is 0 Å². The SMILES string of the molecule is O=C(O)[C@@H]1CC[C@H]1C(=O)N1CCC(Cc2cn(-c3ccccc3I)nn2)CC1. The van der Waals surface area contributed by atoms with Crippen molar-refractivity contribution in [2.45, 2.75) is 32.1 Å². The van der Waals surface area contributed by atoms with Gasteiger partial charge in [0.1, 0.15) is 0 Å². The molecule has 148 valence electrons. The summed E-state index contributed by atoms with van der Waals surface area (Å²) < 4.78 is 2.94. The Bertz CT molecular complexity index is 876. The Labute approximate surface area is 177 Å². The number of halogens is 1. The Morgan fingerprint density at radius 1 is 1.11 bits per heavy atom. The molecule has 1 saturated carbocycles. The van der Waals surface area contributed by atoms with E-state index in [1.807, 2.05) is 40.0 Å². The number of piperidine rings is 1. The highest BCUT2D eigenvalue weighted by Crippen LogP contribution is 2.36. The molecule has 1 saturated heterocycles. The number of aromatic nitrogens is 3. The van der Waals surface area contributed by atoms with Gasteiger partial charge >= 0.3 is 5.97 Å². The molecule has 4 rings (SSSR count). The zero-order valence-electron chi connectivity index (χ0n) is 15.5. The lowest BCUT2D eigenvalue weighted by atomic mass is 9.72. The van der Waals surface area contributed by atoms with Crippen LogP contribution in [0.5, 0.6) is 0 Å². The summed E-state index contributed by atoms with van der Waals surface area (Å²) >= 11 is 2.29. The van der Waals surface area contributed by atoms with E-state index in [0.29, 0.717) is 31.8 Å². The van der Waals surface area contributed by atoms with E-state index in [0.717, 1.165) is 34.2 Å². The van der Waals surface area contributed by atoms with Crippen LogP contribution in [0.4, 0.5) is 0 Å². The van der Waals surface area contributed by atoms with Crippen molar-refractivity contribution >= 4 is 34.5 Å². The molecule has 7 nitrogen and oxygen atoms in total. The first-order valence-electron chi connectivity index (χ1n) is 9.70. The topological polar surface area (TPSA) is 88.3 Å². The van der Waals surface area contributed by atoms with Gasteiger partial charge in [0.2, 0.25) is 5.91 Å². The van der Waals surface area contributed by atoms with Crippen molar-refractivity contribution in [3.05, 3.63) is 39.7 Å². The van der Waals surface area contributed by atoms with Crippen LogP contribution in [-0.2, 0) is 16.0 Å². The summed E-state index contributed by atoms with van der Waals surface area (Å²) in [5.74, 6) is -1.14. The minimum atomic E-state index is -0.837. The Balaban J connectivity index is 1.31. The quantitative estimate of drug-likeness (QED) is 0.647. The molecular weight excluding hydrogens is 471 g/mol. The molecular formula is C20H23IN4O3. The van der Waals surface area contributed by atoms with Crippen LogP contribution in [0, 0.1) is 21.3 Å². The predicted octanol–water partition coefficient (Wildman–Crippen LogP) is 2.76. The summed E-state index contributed by atoms with van der Waals surface area (Å²) in [4.78, 5) is 25.6. The molecule has 1 aromatic carbocycles. The molecule has 28 heavy (non-hydrogen) atoms. The summed E-state index contributed by atoms with van der Waals surface area (Å²) in [7, 11) is 0. The van der Waals surface area contributed by atoms with Crippen LogP contribution < -0.4 is 0 Å². The molecule has 1 N–H and O–H groups in total. The van der Waals surface area contributed by atoms with Crippen LogP contribution in [0.3, 0.4) is 0 Å². The fraction of sp³-hybridized carbons (Fsp3) is 0.500. The van der Waals surface area contributed by atoms with E-state index in [1.54, 1.807) is 0 Å². The first-order valence-corrected chi connectivity index (χ1v) is 10.8. The fourth-order valence-corrected chi connectivity index (χ4v) is 4.76. The average molecular weight is 494 g/mol. The second kappa shape index (κ2) is 8.18. The van der Waals surface area contributed by atoms with E-state index < -0.39 is 11.9 Å². The van der Waals surface area contributed by atoms with Crippen molar-refractivity contribution in [3.8, 4) is 5.69 Å². The van der Waals surface area contributed by atoms with Crippen LogP contribution in [0.25, 0.3) is 5.69 Å². The third-order valence-electron chi connectivity index (χ3n) is 5.97. The van der Waals surface area contributed by atoms with Gasteiger partial charge in [0.05, 0.1) is 29.4 Å². The van der Waals surface area contributed by atoms with Crippen molar-refractivity contribution in [2.75, 3.05) is 13.1 Å². The second-order valence-electron chi connectivity index (χ2n) is 7.71. The summed E-state index contributed by atoms with van der Waals surface area (Å²) in [5, 5.41) is 17.8. The number of hydrogen-bond acceptors (Lipinski definition) is 4. The lowest BCUT2D eigenvalue weighted by Crippen LogP contribution is -2.48. The third-order valence-corrected chi connectivity index (χ3v) is 6.89. The lowest BCUT2D eigenvalue weighted by Gasteiger charge is -2.39. The lowest BCUT2D eigenvalue weighted by molar-refractivity contribution is -0.157. The first-order chi connectivity index (χ1) is 13.5. The summed E-state index contributed by atoms with van der Waals surface area (Å²) in [6.45, 7) is 1.41. The van der Waals surface area contributed by atoms with E-state index in [1.165, 1.54) is 0 Å². The number of hydrogen-bond donors (Lipinski definition) is 1. The van der Waals surface area contributed by atoms with Crippen LogP contribution in [0.2, 0.25) is 0 Å². The summed E-state index contributed by atoms with van der Waals surface area (Å²) in [5.41, 5.74) is 1.99. The van der Waals surface area contributed by atoms with Crippen molar-refractivity contribution in [1.29, 1.82) is 0 Å². The molecule has 1 aliphatic heterocycles. The molecule has 2 heterocycles. The van der Waals surface area contributed by atoms with Crippen LogP contribution >= 0.6 is 22.6 Å². The summed E-state index contributed by atoms with van der Waals surface area (Å²) in [6, 6.07) is 8.05. The van der Waals surface area contributed by atoms with Crippen LogP contribution in [-0.4, -0.2) is 50.0 Å². The molecule has 0 spiro atoms. The number of aliphatic carboxylic acids is 1. The number of amides is 1. The number of carboxylic acids is 1. The van der Waals surface area contributed by atoms with Crippen molar-refractivity contribution in [1.82, 2.24) is 19.9 Å². The van der Waals surface area contributed by atoms with Gasteiger partial charge in [-0.1, -0.05) is 17.3 Å². The number of carbonyl (C=O) groups is 2. The third kappa shape index (κ3) is 3.92. The monoisotopic (exact) mass is 494 g/mol. The highest BCUT2D eigenvalue weighted by Gasteiger charge is 2.43. The molecule has 2 aliphatic rings. The number of likely N-dealkylation sites (tertiary alicyclic amines) is 1. The highest BCUT2D eigenvalue weighted by molar-refractivity contribution is 14.1. The van der Waals surface area contributed by atoms with Gasteiger partial charge in [-0.05, 0) is 72.7 Å². The minimum absolute atomic E-state index is 0.0293. The number of para-hydroxylation sites is 1. The number of carbonyl (C=O) groups excluding carboxylic acids is 1. The standard InChI is InChI=1S/C20H23IN4O3/c21-17-3-1-2-4-18(17)25-12-14(22-23-25)11-13-7-9-24(10-8-13)19(26)15-5-6-16(15)20(27)28/h1-4,12-13,15-16H,5-11H2,(H,27,28)/t15-,16-/m1/s1. The van der Waals surface area contributed by atoms with Gasteiger partial charge in [-0.15, -0.1) is 5.10 Å². The van der Waals surface area contributed by atoms with Gasteiger partial charge in [-0.3, -0.25) is 9.59 Å². The van der Waals surface area contributed by atoms with Gasteiger partial charge in [0.15, 0.2) is 0 Å². The molecule has 0 bridgehead atoms. The molecule has 0 radical (unpaired) electrons. The van der Waals surface area contributed by atoms with Crippen molar-refractivity contribution in [2.24, 2.45) is 17.8 Å². The largest absolute Gasteiger partial charge is 0.481 e. The smallest absolute Gasteiger partial charge is 0.307 e. The molecule has 2 atom stereocenters. The molecule has 0 unspecified atom stereocenters. The average Bonchev–Trinajstić information content (AvgIpc) is 3.09. The molecule has 2 fully saturated rings. The number of benzene rings is 1. The zero-order chi connectivity index (χ0) is 19.7. The maximum Gasteiger partial charge on any atom is 0.307 e. The Hall–Kier alpha value is -1.97. The fourth-order valence-electron chi connectivity index (χ4n) is 4.13. The van der Waals surface area contributed by atoms with E-state index in [4.69, 9.17) is 0 Å². The van der Waals surface area contributed by atoms with E-state index >= 15 is 0 Å². The maximum absolute atomic E-state index is 12.6. The van der Waals surface area contributed by atoms with E-state index in [2.05, 4.69) is 32.9 Å². The van der Waals surface area contributed by atoms with Crippen molar-refractivity contribution in [3.63, 3.8) is 0 Å². The Morgan fingerprint density at radius 3 is 2.46 bits per heavy atom. The Kier molecular flexibility index (Phi) is 5.65. The zero-order valence-corrected chi connectivity index (χ0v) is 17.7. The number of rotatable bonds is 5. The molecule has 1 aromatic heterocycles. The van der Waals surface area contributed by atoms with Gasteiger partial charge < -0.3 is 10.0 Å². The molecule has 1 aliphatic carbocycles. The number of carboxylic acid groups (broad SMARTS) is 1. The summed E-state index contributed by atoms with van der Waals surface area (Å²) in [6.07, 6.45) is 6.01. The van der Waals surface area contributed by atoms with E-state index in [-0.39, 0.29) is 11.8 Å². The molecule has 8 heteroatoms. The highest BCUT2D eigenvalue weighted by atomic mass is 127. The van der Waals surface area contributed by atoms with Crippen molar-refractivity contribution < 1.29 is 14.7 Å².